The van der Waals surface area contributed by atoms with E-state index in [1.807, 2.05) is 49.4 Å². The zero-order valence-electron chi connectivity index (χ0n) is 12.6. The van der Waals surface area contributed by atoms with Crippen molar-refractivity contribution in [3.8, 4) is 5.75 Å². The first-order valence-corrected chi connectivity index (χ1v) is 7.17. The average Bonchev–Trinajstić information content (AvgIpc) is 2.83. The number of amides is 1. The molecule has 0 spiro atoms. The van der Waals surface area contributed by atoms with Crippen LogP contribution in [0.4, 0.5) is 5.69 Å². The number of hydrogen-bond acceptors (Lipinski definition) is 2. The first kappa shape index (κ1) is 14.2. The van der Waals surface area contributed by atoms with Crippen LogP contribution < -0.4 is 10.1 Å². The normalized spacial score (nSPS) is 10.6. The van der Waals surface area contributed by atoms with E-state index in [0.29, 0.717) is 6.42 Å². The van der Waals surface area contributed by atoms with Crippen LogP contribution in [-0.2, 0) is 11.2 Å². The smallest absolute Gasteiger partial charge is 0.228 e. The van der Waals surface area contributed by atoms with Crippen LogP contribution in [-0.4, -0.2) is 18.0 Å². The molecule has 0 fully saturated rings. The van der Waals surface area contributed by atoms with E-state index >= 15 is 0 Å². The minimum absolute atomic E-state index is 0.0406. The number of aryl methyl sites for hydroxylation is 1. The largest absolute Gasteiger partial charge is 0.497 e. The fourth-order valence-corrected chi connectivity index (χ4v) is 2.63. The molecule has 0 aliphatic carbocycles. The molecule has 0 atom stereocenters. The number of benzene rings is 2. The number of nitrogens with one attached hydrogen (secondary N) is 2. The number of methoxy groups -OCH3 is 1. The third-order valence-corrected chi connectivity index (χ3v) is 3.72. The van der Waals surface area contributed by atoms with Gasteiger partial charge >= 0.3 is 0 Å². The minimum atomic E-state index is -0.0406. The highest BCUT2D eigenvalue weighted by atomic mass is 16.5. The Hall–Kier alpha value is -2.75. The lowest BCUT2D eigenvalue weighted by atomic mass is 10.1. The number of para-hydroxylation sites is 1. The van der Waals surface area contributed by atoms with Gasteiger partial charge in [0.05, 0.1) is 13.5 Å². The number of rotatable bonds is 4. The molecule has 4 nitrogen and oxygen atoms in total. The summed E-state index contributed by atoms with van der Waals surface area (Å²) in [5.74, 6) is 0.683. The van der Waals surface area contributed by atoms with Crippen LogP contribution >= 0.6 is 0 Å². The third kappa shape index (κ3) is 2.81. The summed E-state index contributed by atoms with van der Waals surface area (Å²) in [5, 5.41) is 4.01. The lowest BCUT2D eigenvalue weighted by molar-refractivity contribution is -0.115. The SMILES string of the molecule is COc1cccc(NC(=O)Cc2c(C)[nH]c3ccccc23)c1. The predicted molar refractivity (Wildman–Crippen MR) is 88.4 cm³/mol. The van der Waals surface area contributed by atoms with Crippen molar-refractivity contribution in [3.05, 3.63) is 59.8 Å². The molecule has 2 N–H and O–H groups in total. The Bertz CT molecular complexity index is 821. The first-order chi connectivity index (χ1) is 10.7. The van der Waals surface area contributed by atoms with E-state index in [4.69, 9.17) is 4.74 Å². The van der Waals surface area contributed by atoms with E-state index in [1.165, 1.54) is 0 Å². The quantitative estimate of drug-likeness (QED) is 0.771. The Morgan fingerprint density at radius 2 is 2.00 bits per heavy atom. The minimum Gasteiger partial charge on any atom is -0.497 e. The molecular formula is C18H18N2O2. The van der Waals surface area contributed by atoms with Crippen LogP contribution in [0.3, 0.4) is 0 Å². The predicted octanol–water partition coefficient (Wildman–Crippen LogP) is 3.67. The Balaban J connectivity index is 1.79. The summed E-state index contributed by atoms with van der Waals surface area (Å²) < 4.78 is 5.16. The van der Waals surface area contributed by atoms with Gasteiger partial charge in [-0.25, -0.2) is 0 Å². The molecule has 0 radical (unpaired) electrons. The maximum absolute atomic E-state index is 12.3. The number of aromatic nitrogens is 1. The molecule has 0 unspecified atom stereocenters. The van der Waals surface area contributed by atoms with Gasteiger partial charge < -0.3 is 15.0 Å². The molecule has 0 bridgehead atoms. The van der Waals surface area contributed by atoms with E-state index in [9.17, 15) is 4.79 Å². The monoisotopic (exact) mass is 294 g/mol. The fraction of sp³-hybridized carbons (Fsp3) is 0.167. The Morgan fingerprint density at radius 3 is 2.82 bits per heavy atom. The molecule has 22 heavy (non-hydrogen) atoms. The van der Waals surface area contributed by atoms with Crippen molar-refractivity contribution in [3.63, 3.8) is 0 Å². The number of anilines is 1. The van der Waals surface area contributed by atoms with Gasteiger partial charge in [-0.2, -0.15) is 0 Å². The van der Waals surface area contributed by atoms with E-state index in [0.717, 1.165) is 33.6 Å². The molecule has 1 aromatic heterocycles. The van der Waals surface area contributed by atoms with Crippen LogP contribution in [0, 0.1) is 6.92 Å². The van der Waals surface area contributed by atoms with Gasteiger partial charge in [-0.05, 0) is 30.7 Å². The van der Waals surface area contributed by atoms with Gasteiger partial charge in [0.25, 0.3) is 0 Å². The highest BCUT2D eigenvalue weighted by Crippen LogP contribution is 2.23. The lowest BCUT2D eigenvalue weighted by Gasteiger charge is -2.07. The Labute approximate surface area is 129 Å². The highest BCUT2D eigenvalue weighted by molar-refractivity contribution is 5.96. The maximum atomic E-state index is 12.3. The lowest BCUT2D eigenvalue weighted by Crippen LogP contribution is -2.14. The molecule has 3 rings (SSSR count). The number of hydrogen-bond donors (Lipinski definition) is 2. The number of H-pyrrole nitrogens is 1. The van der Waals surface area contributed by atoms with E-state index in [1.54, 1.807) is 13.2 Å². The van der Waals surface area contributed by atoms with Crippen molar-refractivity contribution in [1.29, 1.82) is 0 Å². The van der Waals surface area contributed by atoms with Crippen molar-refractivity contribution in [2.75, 3.05) is 12.4 Å². The summed E-state index contributed by atoms with van der Waals surface area (Å²) in [6.45, 7) is 1.99. The molecule has 1 heterocycles. The van der Waals surface area contributed by atoms with Crippen LogP contribution in [0.2, 0.25) is 0 Å². The summed E-state index contributed by atoms with van der Waals surface area (Å²) in [5.41, 5.74) is 3.86. The van der Waals surface area contributed by atoms with E-state index in [-0.39, 0.29) is 5.91 Å². The molecule has 0 saturated carbocycles. The maximum Gasteiger partial charge on any atom is 0.228 e. The van der Waals surface area contributed by atoms with Gasteiger partial charge in [-0.1, -0.05) is 24.3 Å². The van der Waals surface area contributed by atoms with Crippen LogP contribution in [0.15, 0.2) is 48.5 Å². The van der Waals surface area contributed by atoms with Gasteiger partial charge in [0, 0.05) is 28.4 Å². The Kier molecular flexibility index (Phi) is 3.83. The Morgan fingerprint density at radius 1 is 1.18 bits per heavy atom. The molecular weight excluding hydrogens is 276 g/mol. The fourth-order valence-electron chi connectivity index (χ4n) is 2.63. The van der Waals surface area contributed by atoms with Crippen molar-refractivity contribution in [2.45, 2.75) is 13.3 Å². The molecule has 112 valence electrons. The van der Waals surface area contributed by atoms with Crippen LogP contribution in [0.1, 0.15) is 11.3 Å². The summed E-state index contributed by atoms with van der Waals surface area (Å²) in [7, 11) is 1.61. The van der Waals surface area contributed by atoms with E-state index in [2.05, 4.69) is 10.3 Å². The zero-order valence-corrected chi connectivity index (χ0v) is 12.6. The average molecular weight is 294 g/mol. The zero-order chi connectivity index (χ0) is 15.5. The van der Waals surface area contributed by atoms with Gasteiger partial charge in [0.2, 0.25) is 5.91 Å². The third-order valence-electron chi connectivity index (χ3n) is 3.72. The molecule has 3 aromatic rings. The second kappa shape index (κ2) is 5.93. The number of aromatic amines is 1. The summed E-state index contributed by atoms with van der Waals surface area (Å²) in [4.78, 5) is 15.6. The number of fused-ring (bicyclic) bond motifs is 1. The van der Waals surface area contributed by atoms with Crippen LogP contribution in [0.25, 0.3) is 10.9 Å². The topological polar surface area (TPSA) is 54.1 Å². The second-order valence-electron chi connectivity index (χ2n) is 5.23. The first-order valence-electron chi connectivity index (χ1n) is 7.17. The molecule has 1 amide bonds. The van der Waals surface area contributed by atoms with Gasteiger partial charge in [-0.3, -0.25) is 4.79 Å². The van der Waals surface area contributed by atoms with Crippen molar-refractivity contribution in [1.82, 2.24) is 4.98 Å². The highest BCUT2D eigenvalue weighted by Gasteiger charge is 2.12. The van der Waals surface area contributed by atoms with Crippen molar-refractivity contribution < 1.29 is 9.53 Å². The van der Waals surface area contributed by atoms with Gasteiger partial charge in [0.15, 0.2) is 0 Å². The number of carbonyl (C=O) groups excluding carboxylic acids is 1. The van der Waals surface area contributed by atoms with Gasteiger partial charge in [-0.15, -0.1) is 0 Å². The summed E-state index contributed by atoms with van der Waals surface area (Å²) in [6, 6.07) is 15.4. The van der Waals surface area contributed by atoms with Gasteiger partial charge in [0.1, 0.15) is 5.75 Å². The van der Waals surface area contributed by atoms with E-state index < -0.39 is 0 Å². The summed E-state index contributed by atoms with van der Waals surface area (Å²) in [6.07, 6.45) is 0.340. The molecule has 0 saturated heterocycles. The summed E-state index contributed by atoms with van der Waals surface area (Å²) >= 11 is 0. The van der Waals surface area contributed by atoms with Crippen molar-refractivity contribution >= 4 is 22.5 Å². The van der Waals surface area contributed by atoms with Crippen LogP contribution in [0.5, 0.6) is 5.75 Å². The molecule has 0 aliphatic rings. The standard InChI is InChI=1S/C18H18N2O2/c1-12-16(15-8-3-4-9-17(15)19-12)11-18(21)20-13-6-5-7-14(10-13)22-2/h3-10,19H,11H2,1-2H3,(H,20,21). The number of carbonyl (C=O) groups is 1. The molecule has 2 aromatic carbocycles. The second-order valence-corrected chi connectivity index (χ2v) is 5.23. The van der Waals surface area contributed by atoms with Crippen molar-refractivity contribution in [2.24, 2.45) is 0 Å². The molecule has 0 aliphatic heterocycles. The molecule has 4 heteroatoms. The number of ether oxygens (including phenoxy) is 1.